The average molecular weight is 576 g/mol. The summed E-state index contributed by atoms with van der Waals surface area (Å²) in [6.07, 6.45) is 2.84. The van der Waals surface area contributed by atoms with Gasteiger partial charge >= 0.3 is 0 Å². The Morgan fingerprint density at radius 1 is 1.03 bits per heavy atom. The van der Waals surface area contributed by atoms with E-state index in [2.05, 4.69) is 43.1 Å². The normalized spacial score (nSPS) is 19.7. The number of halogens is 1. The van der Waals surface area contributed by atoms with Crippen LogP contribution in [0.4, 0.5) is 5.69 Å². The number of nitrogens with zero attached hydrogens (tertiary/aromatic N) is 4. The van der Waals surface area contributed by atoms with Crippen LogP contribution in [0.2, 0.25) is 0 Å². The summed E-state index contributed by atoms with van der Waals surface area (Å²) in [5.74, 6) is 0.804. The summed E-state index contributed by atoms with van der Waals surface area (Å²) in [7, 11) is 3.69. The van der Waals surface area contributed by atoms with Gasteiger partial charge in [-0.1, -0.05) is 37.3 Å². The maximum atomic E-state index is 13.7. The lowest BCUT2D eigenvalue weighted by molar-refractivity contribution is -0.657. The number of carbonyl (C=O) groups excluding carboxylic acids is 2. The number of aromatic nitrogens is 2. The number of carbonyl (C=O) groups is 2. The van der Waals surface area contributed by atoms with E-state index in [0.29, 0.717) is 11.3 Å². The Morgan fingerprint density at radius 2 is 1.74 bits per heavy atom. The van der Waals surface area contributed by atoms with Gasteiger partial charge in [0.2, 0.25) is 12.1 Å². The van der Waals surface area contributed by atoms with Gasteiger partial charge in [-0.25, -0.2) is 9.13 Å². The highest BCUT2D eigenvalue weighted by Gasteiger charge is 2.54. The highest BCUT2D eigenvalue weighted by molar-refractivity contribution is 5.95. The molecule has 196 valence electrons. The number of benzene rings is 3. The number of likely N-dealkylation sites (N-methyl/N-ethyl adjacent to an activating group) is 1. The molecular formula is C30H31BrN4O3. The molecule has 8 heteroatoms. The first-order chi connectivity index (χ1) is 17.9. The predicted molar refractivity (Wildman–Crippen MR) is 142 cm³/mol. The molecule has 1 saturated heterocycles. The molecule has 2 unspecified atom stereocenters. The number of para-hydroxylation sites is 3. The fraction of sp³-hybridized carbons (Fsp3) is 0.300. The van der Waals surface area contributed by atoms with Gasteiger partial charge in [0, 0.05) is 30.3 Å². The SMILES string of the molecule is COc1ccc(C(=O)C[n+]2cn(CC(=O)N3CCC4(C)c5ccccc5N(C)C34)c3ccccc32)cc1.[Br-]. The minimum absolute atomic E-state index is 0. The minimum atomic E-state index is -0.0789. The second-order valence-corrected chi connectivity index (χ2v) is 10.3. The van der Waals surface area contributed by atoms with E-state index < -0.39 is 0 Å². The highest BCUT2D eigenvalue weighted by Crippen LogP contribution is 2.51. The second-order valence-electron chi connectivity index (χ2n) is 10.3. The lowest BCUT2D eigenvalue weighted by Gasteiger charge is -2.34. The number of imidazole rings is 1. The van der Waals surface area contributed by atoms with Gasteiger partial charge in [-0.05, 0) is 54.4 Å². The number of hydrogen-bond acceptors (Lipinski definition) is 4. The van der Waals surface area contributed by atoms with Crippen molar-refractivity contribution >= 4 is 28.4 Å². The van der Waals surface area contributed by atoms with E-state index in [1.165, 1.54) is 11.3 Å². The number of methoxy groups -OCH3 is 1. The maximum Gasteiger partial charge on any atom is 0.266 e. The van der Waals surface area contributed by atoms with Crippen LogP contribution in [0.25, 0.3) is 11.0 Å². The molecule has 6 rings (SSSR count). The van der Waals surface area contributed by atoms with Crippen molar-refractivity contribution < 1.29 is 35.9 Å². The molecule has 2 atom stereocenters. The number of ketones is 1. The zero-order valence-corrected chi connectivity index (χ0v) is 23.4. The van der Waals surface area contributed by atoms with E-state index in [1.54, 1.807) is 31.4 Å². The van der Waals surface area contributed by atoms with Crippen LogP contribution in [-0.2, 0) is 23.3 Å². The molecule has 0 bridgehead atoms. The lowest BCUT2D eigenvalue weighted by Crippen LogP contribution is -3.00. The van der Waals surface area contributed by atoms with E-state index in [4.69, 9.17) is 4.74 Å². The summed E-state index contributed by atoms with van der Waals surface area (Å²) in [4.78, 5) is 31.1. The Bertz CT molecular complexity index is 1520. The molecule has 1 aromatic heterocycles. The standard InChI is InChI=1S/C30H31N4O3.BrH/c1-30-16-17-34(29(30)31(2)24-9-5-4-8-23(24)30)28(36)19-33-20-32(25-10-6-7-11-26(25)33)18-27(35)21-12-14-22(37-3)15-13-21;/h4-15,20,29H,16-19H2,1-3H3;1H/q+1;/p-1. The zero-order valence-electron chi connectivity index (χ0n) is 21.8. The Hall–Kier alpha value is -3.65. The van der Waals surface area contributed by atoms with Crippen molar-refractivity contribution in [1.29, 1.82) is 0 Å². The molecule has 0 saturated carbocycles. The Balaban J connectivity index is 0.00000294. The largest absolute Gasteiger partial charge is 1.00 e. The summed E-state index contributed by atoms with van der Waals surface area (Å²) in [5, 5.41) is 0. The highest BCUT2D eigenvalue weighted by atomic mass is 79.9. The smallest absolute Gasteiger partial charge is 0.266 e. The summed E-state index contributed by atoms with van der Waals surface area (Å²) in [6, 6.07) is 23.6. The number of ether oxygens (including phenoxy) is 1. The van der Waals surface area contributed by atoms with Crippen molar-refractivity contribution in [2.45, 2.75) is 38.0 Å². The van der Waals surface area contributed by atoms with Crippen LogP contribution in [0, 0.1) is 0 Å². The van der Waals surface area contributed by atoms with E-state index in [1.807, 2.05) is 44.6 Å². The maximum absolute atomic E-state index is 13.7. The van der Waals surface area contributed by atoms with E-state index in [-0.39, 0.29) is 53.3 Å². The van der Waals surface area contributed by atoms with Crippen molar-refractivity contribution in [2.75, 3.05) is 25.6 Å². The number of anilines is 1. The third kappa shape index (κ3) is 4.07. The fourth-order valence-electron chi connectivity index (χ4n) is 6.27. The van der Waals surface area contributed by atoms with Crippen molar-refractivity contribution in [2.24, 2.45) is 0 Å². The van der Waals surface area contributed by atoms with Crippen molar-refractivity contribution in [3.63, 3.8) is 0 Å². The first-order valence-electron chi connectivity index (χ1n) is 12.7. The topological polar surface area (TPSA) is 58.7 Å². The second kappa shape index (κ2) is 9.91. The minimum Gasteiger partial charge on any atom is -1.00 e. The number of rotatable bonds is 6. The third-order valence-electron chi connectivity index (χ3n) is 8.13. The van der Waals surface area contributed by atoms with Gasteiger partial charge in [0.1, 0.15) is 11.9 Å². The molecular weight excluding hydrogens is 544 g/mol. The number of hydrogen-bond donors (Lipinski definition) is 0. The van der Waals surface area contributed by atoms with Gasteiger partial charge in [-0.15, -0.1) is 0 Å². The zero-order chi connectivity index (χ0) is 25.7. The van der Waals surface area contributed by atoms with Crippen LogP contribution in [0.3, 0.4) is 0 Å². The van der Waals surface area contributed by atoms with Crippen LogP contribution < -0.4 is 31.2 Å². The Morgan fingerprint density at radius 3 is 2.50 bits per heavy atom. The Kier molecular flexibility index (Phi) is 6.77. The van der Waals surface area contributed by atoms with E-state index >= 15 is 0 Å². The van der Waals surface area contributed by atoms with Gasteiger partial charge in [-0.2, -0.15) is 0 Å². The molecule has 38 heavy (non-hydrogen) atoms. The van der Waals surface area contributed by atoms with Gasteiger partial charge in [0.25, 0.3) is 5.91 Å². The van der Waals surface area contributed by atoms with Crippen molar-refractivity contribution in [3.8, 4) is 5.75 Å². The molecule has 1 amide bonds. The number of likely N-dealkylation sites (tertiary alicyclic amines) is 1. The average Bonchev–Trinajstić information content (AvgIpc) is 3.53. The van der Waals surface area contributed by atoms with Crippen LogP contribution in [0.5, 0.6) is 5.75 Å². The van der Waals surface area contributed by atoms with Crippen molar-refractivity contribution in [1.82, 2.24) is 9.47 Å². The molecule has 2 aliphatic rings. The molecule has 0 N–H and O–H groups in total. The molecule has 3 aromatic carbocycles. The van der Waals surface area contributed by atoms with Gasteiger partial charge in [0.05, 0.1) is 7.11 Å². The third-order valence-corrected chi connectivity index (χ3v) is 8.13. The summed E-state index contributed by atoms with van der Waals surface area (Å²) in [6.45, 7) is 3.42. The Labute approximate surface area is 233 Å². The summed E-state index contributed by atoms with van der Waals surface area (Å²) >= 11 is 0. The van der Waals surface area contributed by atoms with E-state index in [0.717, 1.165) is 24.0 Å². The first kappa shape index (κ1) is 26.0. The summed E-state index contributed by atoms with van der Waals surface area (Å²) in [5.41, 5.74) is 4.93. The predicted octanol–water partition coefficient (Wildman–Crippen LogP) is 0.790. The van der Waals surface area contributed by atoms with Crippen LogP contribution in [0.15, 0.2) is 79.1 Å². The van der Waals surface area contributed by atoms with Gasteiger partial charge < -0.3 is 31.5 Å². The number of amides is 1. The van der Waals surface area contributed by atoms with Crippen LogP contribution >= 0.6 is 0 Å². The molecule has 4 aromatic rings. The van der Waals surface area contributed by atoms with Crippen LogP contribution in [0.1, 0.15) is 29.3 Å². The molecule has 3 heterocycles. The molecule has 7 nitrogen and oxygen atoms in total. The van der Waals surface area contributed by atoms with Crippen LogP contribution in [-0.4, -0.2) is 48.0 Å². The van der Waals surface area contributed by atoms with E-state index in [9.17, 15) is 9.59 Å². The quantitative estimate of drug-likeness (QED) is 0.252. The monoisotopic (exact) mass is 574 g/mol. The lowest BCUT2D eigenvalue weighted by atomic mass is 9.81. The van der Waals surface area contributed by atoms with Gasteiger partial charge in [0.15, 0.2) is 24.1 Å². The number of fused-ring (bicyclic) bond motifs is 4. The number of Topliss-reactive ketones (excluding diaryl/α,β-unsaturated/α-hetero) is 1. The molecule has 0 radical (unpaired) electrons. The van der Waals surface area contributed by atoms with Crippen molar-refractivity contribution in [3.05, 3.63) is 90.3 Å². The fourth-order valence-corrected chi connectivity index (χ4v) is 6.27. The summed E-state index contributed by atoms with van der Waals surface area (Å²) < 4.78 is 9.11. The molecule has 1 fully saturated rings. The molecule has 2 aliphatic heterocycles. The first-order valence-corrected chi connectivity index (χ1v) is 12.7. The van der Waals surface area contributed by atoms with Gasteiger partial charge in [-0.3, -0.25) is 9.59 Å². The molecule has 0 aliphatic carbocycles. The molecule has 0 spiro atoms.